The number of pyridine rings is 1. The standard InChI is InChI=1S/C16H12IN5O3/c1-9(19-15(23)10-4-6-24-8-10)16-20-13(21-25-16)11-3-2-5-22-12(17)7-18-14(11)22/h2-9H,1H3,(H,19,23)/t9-/m1/s1. The van der Waals surface area contributed by atoms with Gasteiger partial charge in [0.15, 0.2) is 0 Å². The van der Waals surface area contributed by atoms with Gasteiger partial charge in [0.1, 0.15) is 21.7 Å². The molecule has 0 radical (unpaired) electrons. The molecule has 0 spiro atoms. The van der Waals surface area contributed by atoms with Gasteiger partial charge < -0.3 is 14.3 Å². The second-order valence-electron chi connectivity index (χ2n) is 5.36. The molecule has 4 heterocycles. The molecule has 0 unspecified atom stereocenters. The number of nitrogens with zero attached hydrogens (tertiary/aromatic N) is 4. The molecule has 8 nitrogen and oxygen atoms in total. The van der Waals surface area contributed by atoms with Crippen LogP contribution in [0, 0.1) is 3.70 Å². The number of nitrogens with one attached hydrogen (secondary N) is 1. The van der Waals surface area contributed by atoms with Crippen molar-refractivity contribution in [1.29, 1.82) is 0 Å². The van der Waals surface area contributed by atoms with Gasteiger partial charge in [0.05, 0.1) is 23.6 Å². The highest BCUT2D eigenvalue weighted by atomic mass is 127. The molecule has 0 fully saturated rings. The Labute approximate surface area is 155 Å². The number of carbonyl (C=O) groups is 1. The van der Waals surface area contributed by atoms with Gasteiger partial charge in [-0.1, -0.05) is 5.16 Å². The maximum atomic E-state index is 12.1. The van der Waals surface area contributed by atoms with Crippen LogP contribution in [-0.4, -0.2) is 25.4 Å². The summed E-state index contributed by atoms with van der Waals surface area (Å²) in [6.07, 6.45) is 6.51. The first kappa shape index (κ1) is 15.8. The Bertz CT molecular complexity index is 1040. The Kier molecular flexibility index (Phi) is 3.99. The van der Waals surface area contributed by atoms with Crippen molar-refractivity contribution in [3.63, 3.8) is 0 Å². The SMILES string of the molecule is C[C@@H](NC(=O)c1ccoc1)c1nc(-c2cccn3c(I)cnc23)no1. The molecular formula is C16H12IN5O3. The molecule has 4 aromatic heterocycles. The van der Waals surface area contributed by atoms with E-state index in [1.165, 1.54) is 12.5 Å². The molecule has 4 rings (SSSR count). The van der Waals surface area contributed by atoms with Gasteiger partial charge in [0.2, 0.25) is 11.7 Å². The summed E-state index contributed by atoms with van der Waals surface area (Å²) in [5, 5.41) is 6.81. The van der Waals surface area contributed by atoms with Crippen molar-refractivity contribution < 1.29 is 13.7 Å². The van der Waals surface area contributed by atoms with Crippen LogP contribution in [0.2, 0.25) is 0 Å². The molecule has 126 valence electrons. The molecule has 9 heteroatoms. The van der Waals surface area contributed by atoms with Gasteiger partial charge in [-0.05, 0) is 47.7 Å². The third kappa shape index (κ3) is 2.90. The van der Waals surface area contributed by atoms with Crippen molar-refractivity contribution in [3.05, 3.63) is 58.3 Å². The molecule has 1 atom stereocenters. The van der Waals surface area contributed by atoms with Crippen molar-refractivity contribution >= 4 is 34.1 Å². The first-order valence-corrected chi connectivity index (χ1v) is 8.50. The number of furan rings is 1. The minimum atomic E-state index is -0.441. The van der Waals surface area contributed by atoms with Crippen LogP contribution < -0.4 is 5.32 Å². The molecule has 0 saturated carbocycles. The predicted octanol–water partition coefficient (Wildman–Crippen LogP) is 3.07. The van der Waals surface area contributed by atoms with Crippen molar-refractivity contribution in [3.8, 4) is 11.4 Å². The van der Waals surface area contributed by atoms with Crippen LogP contribution in [0.15, 0.2) is 52.1 Å². The number of hydrogen-bond acceptors (Lipinski definition) is 6. The maximum Gasteiger partial charge on any atom is 0.255 e. The summed E-state index contributed by atoms with van der Waals surface area (Å²) in [6.45, 7) is 1.77. The zero-order valence-electron chi connectivity index (χ0n) is 13.0. The quantitative estimate of drug-likeness (QED) is 0.481. The van der Waals surface area contributed by atoms with E-state index in [4.69, 9.17) is 8.94 Å². The Morgan fingerprint density at radius 1 is 1.40 bits per heavy atom. The monoisotopic (exact) mass is 449 g/mol. The Morgan fingerprint density at radius 3 is 3.08 bits per heavy atom. The highest BCUT2D eigenvalue weighted by molar-refractivity contribution is 14.1. The van der Waals surface area contributed by atoms with E-state index in [2.05, 4.69) is 43.0 Å². The number of amides is 1. The average Bonchev–Trinajstić information content (AvgIpc) is 3.36. The molecule has 0 aliphatic rings. The second-order valence-corrected chi connectivity index (χ2v) is 6.47. The molecular weight excluding hydrogens is 437 g/mol. The molecule has 4 aromatic rings. The van der Waals surface area contributed by atoms with E-state index in [1.807, 2.05) is 22.7 Å². The van der Waals surface area contributed by atoms with Crippen LogP contribution in [0.1, 0.15) is 29.2 Å². The van der Waals surface area contributed by atoms with Gasteiger partial charge in [0.25, 0.3) is 5.91 Å². The predicted molar refractivity (Wildman–Crippen MR) is 95.8 cm³/mol. The van der Waals surface area contributed by atoms with Crippen LogP contribution in [0.5, 0.6) is 0 Å². The lowest BCUT2D eigenvalue weighted by molar-refractivity contribution is 0.0932. The first-order valence-electron chi connectivity index (χ1n) is 7.42. The lowest BCUT2D eigenvalue weighted by atomic mass is 10.2. The fourth-order valence-corrected chi connectivity index (χ4v) is 2.94. The minimum Gasteiger partial charge on any atom is -0.472 e. The smallest absolute Gasteiger partial charge is 0.255 e. The van der Waals surface area contributed by atoms with Crippen molar-refractivity contribution in [2.75, 3.05) is 0 Å². The minimum absolute atomic E-state index is 0.272. The number of rotatable bonds is 4. The molecule has 0 bridgehead atoms. The molecule has 1 amide bonds. The fourth-order valence-electron chi connectivity index (χ4n) is 2.41. The number of imidazole rings is 1. The molecule has 25 heavy (non-hydrogen) atoms. The van der Waals surface area contributed by atoms with Gasteiger partial charge in [-0.3, -0.25) is 9.20 Å². The zero-order valence-corrected chi connectivity index (χ0v) is 15.2. The number of carbonyl (C=O) groups excluding carboxylic acids is 1. The van der Waals surface area contributed by atoms with Crippen LogP contribution in [-0.2, 0) is 0 Å². The van der Waals surface area contributed by atoms with E-state index in [1.54, 1.807) is 19.2 Å². The van der Waals surface area contributed by atoms with E-state index < -0.39 is 6.04 Å². The number of hydrogen-bond donors (Lipinski definition) is 1. The summed E-state index contributed by atoms with van der Waals surface area (Å²) in [5.74, 6) is 0.466. The lowest BCUT2D eigenvalue weighted by Crippen LogP contribution is -2.26. The molecule has 0 aromatic carbocycles. The van der Waals surface area contributed by atoms with Crippen molar-refractivity contribution in [2.45, 2.75) is 13.0 Å². The molecule has 0 aliphatic carbocycles. The van der Waals surface area contributed by atoms with Gasteiger partial charge in [-0.2, -0.15) is 4.98 Å². The van der Waals surface area contributed by atoms with E-state index in [9.17, 15) is 4.79 Å². The third-order valence-corrected chi connectivity index (χ3v) is 4.47. The van der Waals surface area contributed by atoms with Crippen molar-refractivity contribution in [1.82, 2.24) is 24.8 Å². The summed E-state index contributed by atoms with van der Waals surface area (Å²) in [5.41, 5.74) is 1.94. The van der Waals surface area contributed by atoms with E-state index in [0.29, 0.717) is 17.3 Å². The first-order chi connectivity index (χ1) is 12.1. The lowest BCUT2D eigenvalue weighted by Gasteiger charge is -2.07. The highest BCUT2D eigenvalue weighted by Crippen LogP contribution is 2.24. The normalized spacial score (nSPS) is 12.4. The van der Waals surface area contributed by atoms with Gasteiger partial charge in [-0.25, -0.2) is 4.98 Å². The summed E-state index contributed by atoms with van der Waals surface area (Å²) in [7, 11) is 0. The maximum absolute atomic E-state index is 12.1. The second kappa shape index (κ2) is 6.31. The van der Waals surface area contributed by atoms with Crippen LogP contribution in [0.3, 0.4) is 0 Å². The molecule has 0 saturated heterocycles. The van der Waals surface area contributed by atoms with Crippen LogP contribution >= 0.6 is 22.6 Å². The zero-order chi connectivity index (χ0) is 17.4. The van der Waals surface area contributed by atoms with Crippen LogP contribution in [0.25, 0.3) is 17.0 Å². The Hall–Kier alpha value is -2.69. The average molecular weight is 449 g/mol. The Balaban J connectivity index is 1.60. The number of fused-ring (bicyclic) bond motifs is 1. The fraction of sp³-hybridized carbons (Fsp3) is 0.125. The molecule has 0 aliphatic heterocycles. The van der Waals surface area contributed by atoms with Gasteiger partial charge >= 0.3 is 0 Å². The number of aromatic nitrogens is 4. The summed E-state index contributed by atoms with van der Waals surface area (Å²) in [4.78, 5) is 20.9. The van der Waals surface area contributed by atoms with E-state index in [0.717, 1.165) is 14.9 Å². The highest BCUT2D eigenvalue weighted by Gasteiger charge is 2.20. The Morgan fingerprint density at radius 2 is 2.28 bits per heavy atom. The van der Waals surface area contributed by atoms with Gasteiger partial charge in [-0.15, -0.1) is 0 Å². The topological polar surface area (TPSA) is 98.5 Å². The van der Waals surface area contributed by atoms with E-state index >= 15 is 0 Å². The summed E-state index contributed by atoms with van der Waals surface area (Å²) in [6, 6.07) is 4.92. The van der Waals surface area contributed by atoms with Gasteiger partial charge in [0, 0.05) is 6.20 Å². The largest absolute Gasteiger partial charge is 0.472 e. The van der Waals surface area contributed by atoms with Crippen LogP contribution in [0.4, 0.5) is 0 Å². The summed E-state index contributed by atoms with van der Waals surface area (Å²) < 4.78 is 13.1. The molecule has 1 N–H and O–H groups in total. The van der Waals surface area contributed by atoms with E-state index in [-0.39, 0.29) is 5.91 Å². The summed E-state index contributed by atoms with van der Waals surface area (Å²) >= 11 is 2.20. The number of halogens is 1. The van der Waals surface area contributed by atoms with Crippen molar-refractivity contribution in [2.24, 2.45) is 0 Å². The third-order valence-electron chi connectivity index (χ3n) is 3.67.